The first-order chi connectivity index (χ1) is 8.91. The monoisotopic (exact) mass is 270 g/mol. The van der Waals surface area contributed by atoms with E-state index in [0.717, 1.165) is 6.20 Å². The van der Waals surface area contributed by atoms with E-state index in [0.29, 0.717) is 11.1 Å². The Balaban J connectivity index is 2.28. The summed E-state index contributed by atoms with van der Waals surface area (Å²) >= 11 is 0. The highest BCUT2D eigenvalue weighted by Crippen LogP contribution is 2.29. The molecule has 2 rings (SSSR count). The number of aromatic amines is 1. The Morgan fingerprint density at radius 2 is 1.89 bits per heavy atom. The first-order valence-corrected chi connectivity index (χ1v) is 5.23. The van der Waals surface area contributed by atoms with E-state index < -0.39 is 17.8 Å². The van der Waals surface area contributed by atoms with Crippen molar-refractivity contribution < 1.29 is 22.7 Å². The number of carbonyl (C=O) groups is 1. The van der Waals surface area contributed by atoms with Crippen LogP contribution in [0.4, 0.5) is 13.2 Å². The van der Waals surface area contributed by atoms with Gasteiger partial charge < -0.3 is 9.72 Å². The molecule has 0 atom stereocenters. The molecule has 1 N–H and O–H groups in total. The molecule has 0 amide bonds. The molecule has 7 heteroatoms. The number of nitrogens with one attached hydrogen (secondary N) is 1. The summed E-state index contributed by atoms with van der Waals surface area (Å²) in [7, 11) is 1.25. The SMILES string of the molecule is COC(=O)c1ccc(-c2ncc(C(F)(F)F)[nH]2)cc1. The van der Waals surface area contributed by atoms with Gasteiger partial charge in [0.15, 0.2) is 0 Å². The molecule has 0 fully saturated rings. The van der Waals surface area contributed by atoms with E-state index in [4.69, 9.17) is 0 Å². The molecular weight excluding hydrogens is 261 g/mol. The van der Waals surface area contributed by atoms with Crippen LogP contribution in [0.15, 0.2) is 30.5 Å². The molecule has 0 saturated heterocycles. The highest BCUT2D eigenvalue weighted by molar-refractivity contribution is 5.89. The molecule has 4 nitrogen and oxygen atoms in total. The molecule has 100 valence electrons. The van der Waals surface area contributed by atoms with Gasteiger partial charge in [-0.25, -0.2) is 9.78 Å². The summed E-state index contributed by atoms with van der Waals surface area (Å²) in [6, 6.07) is 5.89. The molecule has 0 spiro atoms. The van der Waals surface area contributed by atoms with Crippen LogP contribution in [0, 0.1) is 0 Å². The number of imidazole rings is 1. The number of H-pyrrole nitrogens is 1. The number of halogens is 3. The van der Waals surface area contributed by atoms with E-state index in [2.05, 4.69) is 14.7 Å². The van der Waals surface area contributed by atoms with Gasteiger partial charge in [-0.05, 0) is 12.1 Å². The van der Waals surface area contributed by atoms with Gasteiger partial charge in [0.05, 0.1) is 18.9 Å². The maximum Gasteiger partial charge on any atom is 0.432 e. The Labute approximate surface area is 106 Å². The molecule has 0 aliphatic heterocycles. The smallest absolute Gasteiger partial charge is 0.432 e. The van der Waals surface area contributed by atoms with Crippen LogP contribution in [0.25, 0.3) is 11.4 Å². The summed E-state index contributed by atoms with van der Waals surface area (Å²) in [5.41, 5.74) is -0.156. The second-order valence-electron chi connectivity index (χ2n) is 3.71. The Hall–Kier alpha value is -2.31. The maximum atomic E-state index is 12.4. The molecule has 0 radical (unpaired) electrons. The predicted octanol–water partition coefficient (Wildman–Crippen LogP) is 2.88. The van der Waals surface area contributed by atoms with Crippen LogP contribution in [0.1, 0.15) is 16.1 Å². The standard InChI is InChI=1S/C12H9F3N2O2/c1-19-11(18)8-4-2-7(3-5-8)10-16-6-9(17-10)12(13,14)15/h2-6H,1H3,(H,16,17). The number of hydrogen-bond donors (Lipinski definition) is 1. The van der Waals surface area contributed by atoms with Gasteiger partial charge in [-0.2, -0.15) is 13.2 Å². The van der Waals surface area contributed by atoms with E-state index in [9.17, 15) is 18.0 Å². The van der Waals surface area contributed by atoms with Crippen molar-refractivity contribution in [1.82, 2.24) is 9.97 Å². The second kappa shape index (κ2) is 4.75. The minimum atomic E-state index is -4.46. The first-order valence-electron chi connectivity index (χ1n) is 5.23. The van der Waals surface area contributed by atoms with Gasteiger partial charge in [0.25, 0.3) is 0 Å². The summed E-state index contributed by atoms with van der Waals surface area (Å²) in [6.07, 6.45) is -3.74. The van der Waals surface area contributed by atoms with Crippen molar-refractivity contribution in [3.63, 3.8) is 0 Å². The predicted molar refractivity (Wildman–Crippen MR) is 60.4 cm³/mol. The van der Waals surface area contributed by atoms with E-state index in [1.807, 2.05) is 0 Å². The Bertz CT molecular complexity index is 588. The van der Waals surface area contributed by atoms with Gasteiger partial charge >= 0.3 is 12.1 Å². The lowest BCUT2D eigenvalue weighted by atomic mass is 10.1. The number of benzene rings is 1. The van der Waals surface area contributed by atoms with Crippen molar-refractivity contribution in [1.29, 1.82) is 0 Å². The molecule has 0 bridgehead atoms. The van der Waals surface area contributed by atoms with Gasteiger partial charge in [-0.15, -0.1) is 0 Å². The lowest BCUT2D eigenvalue weighted by molar-refractivity contribution is -0.140. The Morgan fingerprint density at radius 3 is 2.37 bits per heavy atom. The lowest BCUT2D eigenvalue weighted by Crippen LogP contribution is -2.04. The number of hydrogen-bond acceptors (Lipinski definition) is 3. The minimum Gasteiger partial charge on any atom is -0.465 e. The highest BCUT2D eigenvalue weighted by Gasteiger charge is 2.33. The summed E-state index contributed by atoms with van der Waals surface area (Å²) in [5, 5.41) is 0. The van der Waals surface area contributed by atoms with Crippen LogP contribution < -0.4 is 0 Å². The van der Waals surface area contributed by atoms with Gasteiger partial charge in [0.1, 0.15) is 11.5 Å². The average Bonchev–Trinajstić information content (AvgIpc) is 2.87. The third-order valence-corrected chi connectivity index (χ3v) is 2.46. The van der Waals surface area contributed by atoms with Crippen LogP contribution in [-0.2, 0) is 10.9 Å². The summed E-state index contributed by atoms with van der Waals surface area (Å²) < 4.78 is 41.7. The molecule has 0 saturated carbocycles. The number of nitrogens with zero attached hydrogens (tertiary/aromatic N) is 1. The highest BCUT2D eigenvalue weighted by atomic mass is 19.4. The van der Waals surface area contributed by atoms with E-state index in [-0.39, 0.29) is 5.82 Å². The van der Waals surface area contributed by atoms with Crippen LogP contribution in [-0.4, -0.2) is 23.0 Å². The van der Waals surface area contributed by atoms with Gasteiger partial charge in [0, 0.05) is 5.56 Å². The van der Waals surface area contributed by atoms with Crippen LogP contribution in [0.3, 0.4) is 0 Å². The molecule has 1 aromatic carbocycles. The fraction of sp³-hybridized carbons (Fsp3) is 0.167. The van der Waals surface area contributed by atoms with Crippen molar-refractivity contribution in [3.05, 3.63) is 41.7 Å². The summed E-state index contributed by atoms with van der Waals surface area (Å²) in [5.74, 6) is -0.425. The third-order valence-electron chi connectivity index (χ3n) is 2.46. The zero-order valence-electron chi connectivity index (χ0n) is 9.78. The van der Waals surface area contributed by atoms with Crippen molar-refractivity contribution in [2.24, 2.45) is 0 Å². The molecule has 1 aromatic heterocycles. The van der Waals surface area contributed by atoms with Gasteiger partial charge in [-0.1, -0.05) is 12.1 Å². The number of esters is 1. The molecule has 1 heterocycles. The van der Waals surface area contributed by atoms with E-state index in [1.165, 1.54) is 31.4 Å². The van der Waals surface area contributed by atoms with Crippen LogP contribution in [0.2, 0.25) is 0 Å². The first kappa shape index (κ1) is 13.1. The van der Waals surface area contributed by atoms with Crippen molar-refractivity contribution >= 4 is 5.97 Å². The Morgan fingerprint density at radius 1 is 1.26 bits per heavy atom. The zero-order chi connectivity index (χ0) is 14.0. The quantitative estimate of drug-likeness (QED) is 0.854. The average molecular weight is 270 g/mol. The number of carbonyl (C=O) groups excluding carboxylic acids is 1. The number of alkyl halides is 3. The van der Waals surface area contributed by atoms with Crippen molar-refractivity contribution in [2.75, 3.05) is 7.11 Å². The fourth-order valence-electron chi connectivity index (χ4n) is 1.49. The number of ether oxygens (including phenoxy) is 1. The van der Waals surface area contributed by atoms with Gasteiger partial charge in [0.2, 0.25) is 0 Å². The van der Waals surface area contributed by atoms with E-state index >= 15 is 0 Å². The van der Waals surface area contributed by atoms with Crippen molar-refractivity contribution in [3.8, 4) is 11.4 Å². The summed E-state index contributed by atoms with van der Waals surface area (Å²) in [6.45, 7) is 0. The largest absolute Gasteiger partial charge is 0.465 e. The van der Waals surface area contributed by atoms with Crippen LogP contribution >= 0.6 is 0 Å². The normalized spacial score (nSPS) is 11.4. The summed E-state index contributed by atoms with van der Waals surface area (Å²) in [4.78, 5) is 17.0. The fourth-order valence-corrected chi connectivity index (χ4v) is 1.49. The van der Waals surface area contributed by atoms with Gasteiger partial charge in [-0.3, -0.25) is 0 Å². The van der Waals surface area contributed by atoms with Crippen LogP contribution in [0.5, 0.6) is 0 Å². The minimum absolute atomic E-state index is 0.0868. The number of methoxy groups -OCH3 is 1. The molecule has 0 aliphatic carbocycles. The second-order valence-corrected chi connectivity index (χ2v) is 3.71. The third kappa shape index (κ3) is 2.75. The number of rotatable bonds is 2. The Kier molecular flexibility index (Phi) is 3.28. The number of aromatic nitrogens is 2. The molecular formula is C12H9F3N2O2. The zero-order valence-corrected chi connectivity index (χ0v) is 9.78. The topological polar surface area (TPSA) is 55.0 Å². The molecule has 0 aliphatic rings. The maximum absolute atomic E-state index is 12.4. The molecule has 2 aromatic rings. The molecule has 0 unspecified atom stereocenters. The molecule has 19 heavy (non-hydrogen) atoms. The lowest BCUT2D eigenvalue weighted by Gasteiger charge is -2.02. The van der Waals surface area contributed by atoms with E-state index in [1.54, 1.807) is 0 Å². The van der Waals surface area contributed by atoms with Crippen molar-refractivity contribution in [2.45, 2.75) is 6.18 Å².